The van der Waals surface area contributed by atoms with E-state index in [0.717, 1.165) is 6.42 Å². The Morgan fingerprint density at radius 3 is 2.43 bits per heavy atom. The van der Waals surface area contributed by atoms with Crippen LogP contribution in [0.2, 0.25) is 0 Å². The monoisotopic (exact) mass is 314 g/mol. The highest BCUT2D eigenvalue weighted by Gasteiger charge is 2.29. The summed E-state index contributed by atoms with van der Waals surface area (Å²) >= 11 is 0. The van der Waals surface area contributed by atoms with Crippen LogP contribution in [0.15, 0.2) is 23.1 Å². The van der Waals surface area contributed by atoms with Gasteiger partial charge in [-0.2, -0.15) is 4.31 Å². The van der Waals surface area contributed by atoms with Crippen LogP contribution in [-0.4, -0.2) is 32.4 Å². The third kappa shape index (κ3) is 4.35. The molecule has 21 heavy (non-hydrogen) atoms. The van der Waals surface area contributed by atoms with Gasteiger partial charge in [0.1, 0.15) is 10.6 Å². The van der Waals surface area contributed by atoms with E-state index in [0.29, 0.717) is 24.0 Å². The number of benzene rings is 1. The minimum atomic E-state index is -3.63. The summed E-state index contributed by atoms with van der Waals surface area (Å²) in [5.41, 5.74) is 6.14. The second-order valence-corrected chi connectivity index (χ2v) is 7.60. The van der Waals surface area contributed by atoms with Crippen molar-refractivity contribution in [2.75, 3.05) is 19.4 Å². The predicted molar refractivity (Wildman–Crippen MR) is 85.9 cm³/mol. The van der Waals surface area contributed by atoms with Crippen molar-refractivity contribution >= 4 is 15.7 Å². The van der Waals surface area contributed by atoms with Crippen LogP contribution < -0.4 is 10.5 Å². The van der Waals surface area contributed by atoms with E-state index < -0.39 is 10.0 Å². The molecule has 0 radical (unpaired) electrons. The maximum Gasteiger partial charge on any atom is 0.246 e. The molecular formula is C15H26N2O3S. The van der Waals surface area contributed by atoms with Crippen molar-refractivity contribution in [1.82, 2.24) is 4.31 Å². The number of nitrogens with two attached hydrogens (primary N) is 1. The van der Waals surface area contributed by atoms with Gasteiger partial charge in [0.05, 0.1) is 6.61 Å². The number of rotatable bonds is 7. The van der Waals surface area contributed by atoms with Gasteiger partial charge in [0, 0.05) is 18.8 Å². The van der Waals surface area contributed by atoms with Crippen LogP contribution in [0, 0.1) is 5.92 Å². The Bertz CT molecular complexity index is 570. The summed E-state index contributed by atoms with van der Waals surface area (Å²) in [6, 6.07) is 4.61. The minimum Gasteiger partial charge on any atom is -0.492 e. The standard InChI is InChI=1S/C15H26N2O3S/c1-6-20-14-8-7-13(16)10-15(14)21(18,19)17(5)12(4)9-11(2)3/h7-8,10-12H,6,9,16H2,1-5H3. The van der Waals surface area contributed by atoms with Gasteiger partial charge < -0.3 is 10.5 Å². The lowest BCUT2D eigenvalue weighted by Crippen LogP contribution is -2.36. The van der Waals surface area contributed by atoms with Crippen molar-refractivity contribution in [3.63, 3.8) is 0 Å². The Labute approximate surface area is 128 Å². The lowest BCUT2D eigenvalue weighted by atomic mass is 10.1. The zero-order valence-corrected chi connectivity index (χ0v) is 14.3. The van der Waals surface area contributed by atoms with Gasteiger partial charge in [0.25, 0.3) is 0 Å². The van der Waals surface area contributed by atoms with Crippen LogP contribution in [0.1, 0.15) is 34.1 Å². The number of ether oxygens (including phenoxy) is 1. The normalized spacial score (nSPS) is 13.7. The van der Waals surface area contributed by atoms with E-state index in [2.05, 4.69) is 13.8 Å². The minimum absolute atomic E-state index is 0.0918. The molecular weight excluding hydrogens is 288 g/mol. The topological polar surface area (TPSA) is 72.6 Å². The quantitative estimate of drug-likeness (QED) is 0.785. The van der Waals surface area contributed by atoms with Gasteiger partial charge in [-0.15, -0.1) is 0 Å². The molecule has 0 aliphatic heterocycles. The molecule has 5 nitrogen and oxygen atoms in total. The van der Waals surface area contributed by atoms with Gasteiger partial charge >= 0.3 is 0 Å². The fourth-order valence-electron chi connectivity index (χ4n) is 2.22. The van der Waals surface area contributed by atoms with E-state index in [1.54, 1.807) is 19.2 Å². The van der Waals surface area contributed by atoms with Crippen molar-refractivity contribution < 1.29 is 13.2 Å². The highest BCUT2D eigenvalue weighted by Crippen LogP contribution is 2.30. The SMILES string of the molecule is CCOc1ccc(N)cc1S(=O)(=O)N(C)C(C)CC(C)C. The molecule has 0 aliphatic carbocycles. The van der Waals surface area contributed by atoms with Crippen molar-refractivity contribution in [3.05, 3.63) is 18.2 Å². The van der Waals surface area contributed by atoms with E-state index in [1.807, 2.05) is 13.8 Å². The molecule has 2 N–H and O–H groups in total. The van der Waals surface area contributed by atoms with Crippen LogP contribution in [0.4, 0.5) is 5.69 Å². The molecule has 0 aromatic heterocycles. The molecule has 0 bridgehead atoms. The van der Waals surface area contributed by atoms with Gasteiger partial charge in [0.15, 0.2) is 0 Å². The van der Waals surface area contributed by atoms with Crippen LogP contribution in [0.5, 0.6) is 5.75 Å². The maximum atomic E-state index is 12.8. The van der Waals surface area contributed by atoms with Gasteiger partial charge in [0.2, 0.25) is 10.0 Å². The van der Waals surface area contributed by atoms with Gasteiger partial charge in [-0.25, -0.2) is 8.42 Å². The molecule has 120 valence electrons. The summed E-state index contributed by atoms with van der Waals surface area (Å²) in [7, 11) is -2.03. The number of hydrogen-bond donors (Lipinski definition) is 1. The maximum absolute atomic E-state index is 12.8. The molecule has 0 spiro atoms. The summed E-state index contributed by atoms with van der Waals surface area (Å²) in [4.78, 5) is 0.127. The fourth-order valence-corrected chi connectivity index (χ4v) is 3.76. The van der Waals surface area contributed by atoms with Gasteiger partial charge in [-0.05, 0) is 44.4 Å². The summed E-state index contributed by atoms with van der Waals surface area (Å²) in [5, 5.41) is 0. The van der Waals surface area contributed by atoms with Gasteiger partial charge in [-0.3, -0.25) is 0 Å². The average molecular weight is 314 g/mol. The Kier molecular flexibility index (Phi) is 6.04. The Hall–Kier alpha value is -1.27. The first-order valence-electron chi connectivity index (χ1n) is 7.20. The molecule has 1 atom stereocenters. The van der Waals surface area contributed by atoms with E-state index in [1.165, 1.54) is 10.4 Å². The second kappa shape index (κ2) is 7.13. The molecule has 0 amide bonds. The number of anilines is 1. The molecule has 0 saturated carbocycles. The van der Waals surface area contributed by atoms with E-state index in [9.17, 15) is 8.42 Å². The van der Waals surface area contributed by atoms with Crippen molar-refractivity contribution in [2.45, 2.75) is 45.1 Å². The van der Waals surface area contributed by atoms with E-state index in [-0.39, 0.29) is 10.9 Å². The van der Waals surface area contributed by atoms with Gasteiger partial charge in [-0.1, -0.05) is 13.8 Å². The number of nitrogens with zero attached hydrogens (tertiary/aromatic N) is 1. The van der Waals surface area contributed by atoms with Crippen LogP contribution in [0.3, 0.4) is 0 Å². The smallest absolute Gasteiger partial charge is 0.246 e. The van der Waals surface area contributed by atoms with Crippen LogP contribution >= 0.6 is 0 Å². The molecule has 0 saturated heterocycles. The summed E-state index contributed by atoms with van der Waals surface area (Å²) in [6.07, 6.45) is 0.794. The molecule has 1 aromatic rings. The summed E-state index contributed by atoms with van der Waals surface area (Å²) in [5.74, 6) is 0.764. The first kappa shape index (κ1) is 17.8. The largest absolute Gasteiger partial charge is 0.492 e. The number of hydrogen-bond acceptors (Lipinski definition) is 4. The first-order valence-corrected chi connectivity index (χ1v) is 8.64. The predicted octanol–water partition coefficient (Wildman–Crippen LogP) is 2.72. The van der Waals surface area contributed by atoms with Crippen molar-refractivity contribution in [3.8, 4) is 5.75 Å². The third-order valence-electron chi connectivity index (χ3n) is 3.36. The second-order valence-electron chi connectivity index (χ2n) is 5.64. The summed E-state index contributed by atoms with van der Waals surface area (Å²) < 4.78 is 32.4. The summed E-state index contributed by atoms with van der Waals surface area (Å²) in [6.45, 7) is 8.27. The van der Waals surface area contributed by atoms with E-state index in [4.69, 9.17) is 10.5 Å². The molecule has 6 heteroatoms. The molecule has 0 heterocycles. The zero-order valence-electron chi connectivity index (χ0n) is 13.5. The van der Waals surface area contributed by atoms with Crippen molar-refractivity contribution in [2.24, 2.45) is 5.92 Å². The fraction of sp³-hybridized carbons (Fsp3) is 0.600. The molecule has 0 aliphatic rings. The lowest BCUT2D eigenvalue weighted by Gasteiger charge is -2.26. The molecule has 1 rings (SSSR count). The van der Waals surface area contributed by atoms with Crippen LogP contribution in [-0.2, 0) is 10.0 Å². The molecule has 1 aromatic carbocycles. The third-order valence-corrected chi connectivity index (χ3v) is 5.35. The first-order chi connectivity index (χ1) is 9.70. The Morgan fingerprint density at radius 2 is 1.90 bits per heavy atom. The van der Waals surface area contributed by atoms with E-state index >= 15 is 0 Å². The van der Waals surface area contributed by atoms with Crippen LogP contribution in [0.25, 0.3) is 0 Å². The lowest BCUT2D eigenvalue weighted by molar-refractivity contribution is 0.321. The highest BCUT2D eigenvalue weighted by atomic mass is 32.2. The molecule has 1 unspecified atom stereocenters. The van der Waals surface area contributed by atoms with Crippen molar-refractivity contribution in [1.29, 1.82) is 0 Å². The average Bonchev–Trinajstić information content (AvgIpc) is 2.39. The Morgan fingerprint density at radius 1 is 1.29 bits per heavy atom. The number of sulfonamides is 1. The molecule has 0 fully saturated rings. The highest BCUT2D eigenvalue weighted by molar-refractivity contribution is 7.89. The zero-order chi connectivity index (χ0) is 16.2. The number of nitrogen functional groups attached to an aromatic ring is 1. The Balaban J connectivity index is 3.20.